The van der Waals surface area contributed by atoms with Crippen LogP contribution in [0.2, 0.25) is 0 Å². The molecule has 2 atom stereocenters. The Bertz CT molecular complexity index is 2590. The van der Waals surface area contributed by atoms with Gasteiger partial charge in [0.2, 0.25) is 0 Å². The number of fused-ring (bicyclic) bond motifs is 5. The molecule has 1 spiro atoms. The third kappa shape index (κ3) is 7.35. The van der Waals surface area contributed by atoms with Gasteiger partial charge < -0.3 is 0 Å². The predicted molar refractivity (Wildman–Crippen MR) is 245 cm³/mol. The second-order valence-corrected chi connectivity index (χ2v) is 22.2. The zero-order valence-corrected chi connectivity index (χ0v) is 39.6. The van der Waals surface area contributed by atoms with E-state index in [0.717, 1.165) is 32.3 Å². The number of hydrogen-bond acceptors (Lipinski definition) is 3. The first-order valence-corrected chi connectivity index (χ1v) is 23.7. The molecule has 5 nitrogen and oxygen atoms in total. The molecule has 0 saturated heterocycles. The number of imidazole rings is 1. The number of benzene rings is 4. The van der Waals surface area contributed by atoms with Crippen LogP contribution in [0.4, 0.5) is 11.5 Å². The van der Waals surface area contributed by atoms with Gasteiger partial charge in [0, 0.05) is 6.20 Å². The molecule has 0 radical (unpaired) electrons. The van der Waals surface area contributed by atoms with E-state index in [1.54, 1.807) is 0 Å². The van der Waals surface area contributed by atoms with Gasteiger partial charge in [-0.1, -0.05) is 52.9 Å². The van der Waals surface area contributed by atoms with E-state index in [1.165, 1.54) is 96.9 Å². The molecule has 2 unspecified atom stereocenters. The van der Waals surface area contributed by atoms with E-state index < -0.39 is 0 Å². The standard InChI is InChI=1S/C54H64N4O.Pt/c1-51(2,3)37-26-29-55-50(33-37)58-49-35-43(24-25-45(49)44-20-11-12-21-46(44)54(58)27-15-10-16-28-54)59-42-19-17-18-40(34-42)56-36-57(48-23-14-13-22-47(48)56)41-31-38(52(4,5)6)30-39(32-41)53(7,8)9;/h13-14,17-19,22-26,29-35,44,46H,10-12,15-16,20-21,27-28H2,1-9H3;. The van der Waals surface area contributed by atoms with E-state index in [9.17, 15) is 0 Å². The van der Waals surface area contributed by atoms with Gasteiger partial charge in [-0.2, -0.15) is 0 Å². The van der Waals surface area contributed by atoms with Gasteiger partial charge in [0.25, 0.3) is 0 Å². The fourth-order valence-corrected chi connectivity index (χ4v) is 11.9. The Labute approximate surface area is 369 Å². The van der Waals surface area contributed by atoms with Crippen LogP contribution in [0, 0.1) is 9.72 Å². The van der Waals surface area contributed by atoms with E-state index in [1.807, 2.05) is 6.20 Å². The van der Waals surface area contributed by atoms with E-state index in [2.05, 4.69) is 193 Å². The second-order valence-electron chi connectivity index (χ2n) is 21.1. The fourth-order valence-electron chi connectivity index (χ4n) is 10.8. The molecule has 0 amide bonds. The van der Waals surface area contributed by atoms with E-state index in [4.69, 9.17) is 9.72 Å². The van der Waals surface area contributed by atoms with Crippen LogP contribution in [0.25, 0.3) is 22.4 Å². The van der Waals surface area contributed by atoms with Crippen LogP contribution in [0.15, 0.2) is 103 Å². The summed E-state index contributed by atoms with van der Waals surface area (Å²) in [5, 5.41) is 0. The van der Waals surface area contributed by atoms with Crippen molar-refractivity contribution in [1.29, 1.82) is 0 Å². The molecule has 60 heavy (non-hydrogen) atoms. The fraction of sp³-hybridized carbons (Fsp3) is 0.444. The van der Waals surface area contributed by atoms with Gasteiger partial charge >= 0.3 is 289 Å². The number of anilines is 2. The van der Waals surface area contributed by atoms with Crippen molar-refractivity contribution in [2.24, 2.45) is 5.92 Å². The Morgan fingerprint density at radius 2 is 1.23 bits per heavy atom. The topological polar surface area (TPSA) is 35.2 Å². The average molecular weight is 980 g/mol. The molecule has 2 fully saturated rings. The zero-order chi connectivity index (χ0) is 42.2. The van der Waals surface area contributed by atoms with Crippen molar-refractivity contribution in [3.05, 3.63) is 129 Å². The molecule has 1 aliphatic heterocycles. The van der Waals surface area contributed by atoms with Crippen LogP contribution < -0.4 is 9.64 Å². The van der Waals surface area contributed by atoms with Crippen LogP contribution in [0.1, 0.15) is 148 Å². The van der Waals surface area contributed by atoms with Crippen LogP contribution in [-0.4, -0.2) is 19.7 Å². The monoisotopic (exact) mass is 979 g/mol. The molecule has 2 saturated carbocycles. The molecule has 0 N–H and O–H groups in total. The summed E-state index contributed by atoms with van der Waals surface area (Å²) in [6.45, 7) is 20.8. The van der Waals surface area contributed by atoms with Crippen molar-refractivity contribution < 1.29 is 24.1 Å². The molecule has 0 bridgehead atoms. The van der Waals surface area contributed by atoms with Gasteiger partial charge in [-0.15, -0.1) is 0 Å². The van der Waals surface area contributed by atoms with Crippen LogP contribution in [0.5, 0.6) is 11.5 Å². The Kier molecular flexibility index (Phi) is 10.5. The first-order valence-electron chi connectivity index (χ1n) is 22.6. The van der Waals surface area contributed by atoms with Crippen LogP contribution >= 0.6 is 0 Å². The molecule has 4 aromatic carbocycles. The van der Waals surface area contributed by atoms with E-state index in [0.29, 0.717) is 11.8 Å². The summed E-state index contributed by atoms with van der Waals surface area (Å²) in [5.41, 5.74) is 11.5. The third-order valence-corrected chi connectivity index (χ3v) is 15.0. The SMILES string of the molecule is CC(C)(C)c1cc(-n2[c](=[Pt])n(-c3cccc(Oc4ccc5c(c4)N(c4cc(C(C)(C)C)ccn4)C4(CCCCC4)C4CCCCC54)c3)c3ccccc32)cc(C(C)(C)C)c1. The second kappa shape index (κ2) is 15.3. The van der Waals surface area contributed by atoms with Crippen molar-refractivity contribution >= 4 is 22.5 Å². The Balaban J connectivity index is 1.14. The minimum atomic E-state index is 0.0159. The number of hydrogen-bond donors (Lipinski definition) is 0. The normalized spacial score (nSPS) is 19.4. The first-order chi connectivity index (χ1) is 28.5. The molecule has 2 aliphatic carbocycles. The summed E-state index contributed by atoms with van der Waals surface area (Å²) < 4.78 is 12.9. The molecule has 3 heterocycles. The maximum absolute atomic E-state index is 6.96. The number of ether oxygens (including phenoxy) is 1. The molecule has 9 rings (SSSR count). The summed E-state index contributed by atoms with van der Waals surface area (Å²) >= 11 is 2.52. The molecule has 316 valence electrons. The summed E-state index contributed by atoms with van der Waals surface area (Å²) in [4.78, 5) is 7.91. The Morgan fingerprint density at radius 1 is 0.600 bits per heavy atom. The summed E-state index contributed by atoms with van der Waals surface area (Å²) in [6, 6.07) is 36.2. The van der Waals surface area contributed by atoms with Gasteiger partial charge in [-0.05, 0) is 23.5 Å². The van der Waals surface area contributed by atoms with E-state index >= 15 is 0 Å². The minimum absolute atomic E-state index is 0.0159. The number of aromatic nitrogens is 3. The van der Waals surface area contributed by atoms with Crippen molar-refractivity contribution in [3.63, 3.8) is 0 Å². The van der Waals surface area contributed by atoms with Crippen molar-refractivity contribution in [1.82, 2.24) is 14.1 Å². The molecular formula is C54H64N4OPt. The first kappa shape index (κ1) is 41.2. The number of nitrogens with zero attached hydrogens (tertiary/aromatic N) is 4. The van der Waals surface area contributed by atoms with Crippen molar-refractivity contribution in [3.8, 4) is 22.9 Å². The van der Waals surface area contributed by atoms with Gasteiger partial charge in [0.15, 0.2) is 0 Å². The van der Waals surface area contributed by atoms with Gasteiger partial charge in [-0.25, -0.2) is 0 Å². The summed E-state index contributed by atoms with van der Waals surface area (Å²) in [6.07, 6.45) is 13.6. The molecule has 6 aromatic rings. The molecule has 2 aromatic heterocycles. The van der Waals surface area contributed by atoms with Crippen molar-refractivity contribution in [2.75, 3.05) is 4.90 Å². The predicted octanol–water partition coefficient (Wildman–Crippen LogP) is 14.7. The Hall–Kier alpha value is -4.21. The molecule has 3 aliphatic rings. The van der Waals surface area contributed by atoms with Gasteiger partial charge in [0.1, 0.15) is 0 Å². The maximum atomic E-state index is 6.96. The quantitative estimate of drug-likeness (QED) is 0.173. The Morgan fingerprint density at radius 3 is 1.90 bits per heavy atom. The molecule has 6 heteroatoms. The van der Waals surface area contributed by atoms with E-state index in [-0.39, 0.29) is 21.8 Å². The molecular weight excluding hydrogens is 916 g/mol. The van der Waals surface area contributed by atoms with Crippen LogP contribution in [-0.2, 0) is 35.6 Å². The number of rotatable bonds is 5. The van der Waals surface area contributed by atoms with Crippen LogP contribution in [0.3, 0.4) is 0 Å². The summed E-state index contributed by atoms with van der Waals surface area (Å²) in [7, 11) is 0. The average Bonchev–Trinajstić information content (AvgIpc) is 3.52. The van der Waals surface area contributed by atoms with Gasteiger partial charge in [0.05, 0.1) is 0 Å². The third-order valence-electron chi connectivity index (χ3n) is 14.0. The number of pyridine rings is 1. The zero-order valence-electron chi connectivity index (χ0n) is 37.3. The van der Waals surface area contributed by atoms with Crippen molar-refractivity contribution in [2.45, 2.75) is 148 Å². The summed E-state index contributed by atoms with van der Waals surface area (Å²) in [5.74, 6) is 4.01. The van der Waals surface area contributed by atoms with Gasteiger partial charge in [-0.3, -0.25) is 0 Å². The number of para-hydroxylation sites is 2.